The van der Waals surface area contributed by atoms with Gasteiger partial charge >= 0.3 is 5.97 Å². The summed E-state index contributed by atoms with van der Waals surface area (Å²) in [4.78, 5) is 11.9. The van der Waals surface area contributed by atoms with E-state index in [0.717, 1.165) is 32.1 Å². The van der Waals surface area contributed by atoms with Gasteiger partial charge in [-0.15, -0.1) is 0 Å². The van der Waals surface area contributed by atoms with Gasteiger partial charge in [-0.3, -0.25) is 4.79 Å². The number of esters is 1. The van der Waals surface area contributed by atoms with Crippen LogP contribution in [0, 0.1) is 33.5 Å². The standard InChI is InChI=1S/C22H34O4/c1-12(23)25-16-7-8-19(2,3)13-6-9-22-11-20(4,17-18(22)26-17)15(24)10-14(22)21(13,16)5/h13-18,24H,6-11H2,1-5H3/t13-,14+,15+,16+,17+,18-,20+,21-,22+/m1/s1/i15D. The molecular formula is C22H34O4. The molecule has 5 aliphatic rings. The topological polar surface area (TPSA) is 59.1 Å². The van der Waals surface area contributed by atoms with E-state index in [4.69, 9.17) is 10.8 Å². The number of carbonyl (C=O) groups excluding carboxylic acids is 1. The summed E-state index contributed by atoms with van der Waals surface area (Å²) in [5.41, 5.74) is -0.485. The number of fused-ring (bicyclic) bond motifs is 5. The second kappa shape index (κ2) is 4.86. The fourth-order valence-electron chi connectivity index (χ4n) is 8.40. The van der Waals surface area contributed by atoms with Gasteiger partial charge in [0, 0.05) is 23.2 Å². The van der Waals surface area contributed by atoms with Crippen LogP contribution in [0.4, 0.5) is 0 Å². The molecule has 0 aromatic rings. The molecule has 0 amide bonds. The van der Waals surface area contributed by atoms with Gasteiger partial charge in [0.1, 0.15) is 6.10 Å². The van der Waals surface area contributed by atoms with Gasteiger partial charge in [-0.05, 0) is 55.8 Å². The molecule has 4 aliphatic carbocycles. The lowest BCUT2D eigenvalue weighted by molar-refractivity contribution is -0.238. The number of ether oxygens (including phenoxy) is 2. The molecule has 5 rings (SSSR count). The summed E-state index contributed by atoms with van der Waals surface area (Å²) >= 11 is 0. The van der Waals surface area contributed by atoms with Crippen LogP contribution < -0.4 is 0 Å². The summed E-state index contributed by atoms with van der Waals surface area (Å²) < 4.78 is 20.9. The Balaban J connectivity index is 1.64. The minimum absolute atomic E-state index is 0.0222. The van der Waals surface area contributed by atoms with Gasteiger partial charge in [0.05, 0.1) is 19.7 Å². The van der Waals surface area contributed by atoms with E-state index >= 15 is 0 Å². The van der Waals surface area contributed by atoms with Gasteiger partial charge in [-0.2, -0.15) is 0 Å². The van der Waals surface area contributed by atoms with Gasteiger partial charge in [-0.25, -0.2) is 0 Å². The summed E-state index contributed by atoms with van der Waals surface area (Å²) in [6, 6.07) is 0. The molecule has 1 saturated heterocycles. The van der Waals surface area contributed by atoms with E-state index in [1.165, 1.54) is 6.92 Å². The van der Waals surface area contributed by atoms with Crippen LogP contribution in [0.5, 0.6) is 0 Å². The lowest BCUT2D eigenvalue weighted by Gasteiger charge is -2.66. The third-order valence-corrected chi connectivity index (χ3v) is 9.53. The average Bonchev–Trinajstić information content (AvgIpc) is 3.30. The largest absolute Gasteiger partial charge is 0.462 e. The Kier molecular flexibility index (Phi) is 3.06. The second-order valence-corrected chi connectivity index (χ2v) is 11.1. The predicted molar refractivity (Wildman–Crippen MR) is 97.3 cm³/mol. The van der Waals surface area contributed by atoms with Crippen LogP contribution in [0.3, 0.4) is 0 Å². The van der Waals surface area contributed by atoms with Crippen molar-refractivity contribution in [1.82, 2.24) is 0 Å². The van der Waals surface area contributed by atoms with Crippen LogP contribution in [-0.2, 0) is 14.3 Å². The Labute approximate surface area is 158 Å². The Morgan fingerprint density at radius 2 is 1.88 bits per heavy atom. The number of hydrogen-bond donors (Lipinski definition) is 1. The molecular weight excluding hydrogens is 328 g/mol. The summed E-state index contributed by atoms with van der Waals surface area (Å²) in [6.45, 7) is 10.6. The van der Waals surface area contributed by atoms with Crippen LogP contribution >= 0.6 is 0 Å². The van der Waals surface area contributed by atoms with Gasteiger partial charge in [0.15, 0.2) is 0 Å². The van der Waals surface area contributed by atoms with E-state index in [9.17, 15) is 9.90 Å². The first-order valence-corrected chi connectivity index (χ1v) is 10.4. The second-order valence-electron chi connectivity index (χ2n) is 11.1. The number of carbonyl (C=O) groups is 1. The molecule has 4 nitrogen and oxygen atoms in total. The van der Waals surface area contributed by atoms with Gasteiger partial charge < -0.3 is 14.6 Å². The Bertz CT molecular complexity index is 704. The quantitative estimate of drug-likeness (QED) is 0.570. The highest BCUT2D eigenvalue weighted by molar-refractivity contribution is 5.66. The van der Waals surface area contributed by atoms with Crippen molar-refractivity contribution in [1.29, 1.82) is 0 Å². The maximum atomic E-state index is 11.9. The first-order valence-electron chi connectivity index (χ1n) is 10.9. The van der Waals surface area contributed by atoms with Crippen molar-refractivity contribution in [3.8, 4) is 0 Å². The maximum absolute atomic E-state index is 11.9. The molecule has 2 bridgehead atoms. The van der Waals surface area contributed by atoms with E-state index in [1.54, 1.807) is 0 Å². The van der Waals surface area contributed by atoms with Crippen LogP contribution in [0.15, 0.2) is 0 Å². The summed E-state index contributed by atoms with van der Waals surface area (Å²) in [5, 5.41) is 11.2. The number of rotatable bonds is 1. The predicted octanol–water partition coefficient (Wildman–Crippen LogP) is 3.70. The summed E-state index contributed by atoms with van der Waals surface area (Å²) in [5.74, 6) is 0.366. The van der Waals surface area contributed by atoms with Crippen molar-refractivity contribution < 1.29 is 20.7 Å². The average molecular weight is 364 g/mol. The highest BCUT2D eigenvalue weighted by atomic mass is 16.6. The lowest BCUT2D eigenvalue weighted by atomic mass is 9.39. The van der Waals surface area contributed by atoms with Gasteiger partial charge in [0.25, 0.3) is 0 Å². The Morgan fingerprint density at radius 1 is 1.15 bits per heavy atom. The fourth-order valence-corrected chi connectivity index (χ4v) is 8.40. The fraction of sp³-hybridized carbons (Fsp3) is 0.955. The number of hydrogen-bond acceptors (Lipinski definition) is 4. The van der Waals surface area contributed by atoms with Crippen molar-refractivity contribution in [2.45, 2.75) is 97.5 Å². The minimum Gasteiger partial charge on any atom is -0.462 e. The van der Waals surface area contributed by atoms with Crippen molar-refractivity contribution in [2.24, 2.45) is 33.5 Å². The molecule has 4 saturated carbocycles. The molecule has 0 unspecified atom stereocenters. The van der Waals surface area contributed by atoms with Crippen LogP contribution in [0.1, 0.15) is 74.5 Å². The maximum Gasteiger partial charge on any atom is 0.302 e. The molecule has 0 aromatic heterocycles. The highest BCUT2D eigenvalue weighted by Crippen LogP contribution is 2.78. The van der Waals surface area contributed by atoms with Crippen LogP contribution in [0.25, 0.3) is 0 Å². The van der Waals surface area contributed by atoms with Crippen molar-refractivity contribution in [3.63, 3.8) is 0 Å². The normalized spacial score (nSPS) is 62.4. The van der Waals surface area contributed by atoms with E-state index in [0.29, 0.717) is 12.3 Å². The summed E-state index contributed by atoms with van der Waals surface area (Å²) in [6.07, 6.45) is 4.08. The number of epoxide rings is 1. The first kappa shape index (κ1) is 16.4. The molecule has 5 fully saturated rings. The SMILES string of the molecule is [2H][C@]1(O)C[C@@H]2[C@]3(CC[C@@H]4C(C)(C)CC[C@H](OC(C)=O)[C@]42C)C[C@]1(C)[C@H]1O[C@H]13. The molecule has 1 spiro atoms. The van der Waals surface area contributed by atoms with Crippen molar-refractivity contribution in [2.75, 3.05) is 0 Å². The van der Waals surface area contributed by atoms with Gasteiger partial charge in [-0.1, -0.05) is 27.7 Å². The van der Waals surface area contributed by atoms with Crippen molar-refractivity contribution in [3.05, 3.63) is 0 Å². The molecule has 1 aliphatic heterocycles. The summed E-state index contributed by atoms with van der Waals surface area (Å²) in [7, 11) is 0. The molecule has 26 heavy (non-hydrogen) atoms. The van der Waals surface area contributed by atoms with Crippen LogP contribution in [-0.4, -0.2) is 35.5 Å². The van der Waals surface area contributed by atoms with Gasteiger partial charge in [0.2, 0.25) is 0 Å². The minimum atomic E-state index is -1.48. The van der Waals surface area contributed by atoms with Crippen molar-refractivity contribution >= 4 is 5.97 Å². The van der Waals surface area contributed by atoms with Crippen LogP contribution in [0.2, 0.25) is 0 Å². The third kappa shape index (κ3) is 1.86. The molecule has 1 heterocycles. The smallest absolute Gasteiger partial charge is 0.302 e. The Hall–Kier alpha value is -0.610. The highest BCUT2D eigenvalue weighted by Gasteiger charge is 2.80. The molecule has 146 valence electrons. The molecule has 0 radical (unpaired) electrons. The zero-order chi connectivity index (χ0) is 19.6. The van der Waals surface area contributed by atoms with E-state index < -0.39 is 11.5 Å². The van der Waals surface area contributed by atoms with E-state index in [2.05, 4.69) is 27.7 Å². The third-order valence-electron chi connectivity index (χ3n) is 9.53. The first-order chi connectivity index (χ1) is 12.4. The monoisotopic (exact) mass is 363 g/mol. The molecule has 9 atom stereocenters. The van der Waals surface area contributed by atoms with E-state index in [-0.39, 0.29) is 46.4 Å². The molecule has 1 N–H and O–H groups in total. The number of aliphatic hydroxyl groups is 1. The lowest BCUT2D eigenvalue weighted by Crippen LogP contribution is -2.65. The van der Waals surface area contributed by atoms with E-state index in [1.807, 2.05) is 0 Å². The zero-order valence-corrected chi connectivity index (χ0v) is 16.8. The zero-order valence-electron chi connectivity index (χ0n) is 17.8. The Morgan fingerprint density at radius 3 is 2.58 bits per heavy atom. The molecule has 0 aromatic carbocycles. The molecule has 4 heteroatoms.